The number of aliphatic imine (C=N–C) groups is 1. The van der Waals surface area contributed by atoms with Crippen LogP contribution < -0.4 is 5.73 Å². The summed E-state index contributed by atoms with van der Waals surface area (Å²) in [5.74, 6) is 1.05. The van der Waals surface area contributed by atoms with Crippen LogP contribution in [-0.4, -0.2) is 19.1 Å². The highest BCUT2D eigenvalue weighted by Crippen LogP contribution is 2.34. The van der Waals surface area contributed by atoms with Crippen LogP contribution in [0.5, 0.6) is 0 Å². The van der Waals surface area contributed by atoms with Gasteiger partial charge in [-0.2, -0.15) is 0 Å². The van der Waals surface area contributed by atoms with Gasteiger partial charge in [0.1, 0.15) is 6.17 Å². The summed E-state index contributed by atoms with van der Waals surface area (Å²) in [6.45, 7) is 15.9. The number of alkyl halides is 1. The minimum atomic E-state index is -0.810. The van der Waals surface area contributed by atoms with Crippen molar-refractivity contribution in [3.8, 4) is 0 Å². The molecule has 0 aliphatic rings. The number of hydrogen-bond donors (Lipinski definition) is 1. The molecule has 0 amide bonds. The van der Waals surface area contributed by atoms with Crippen molar-refractivity contribution in [1.29, 1.82) is 0 Å². The maximum atomic E-state index is 14.9. The van der Waals surface area contributed by atoms with Crippen LogP contribution in [-0.2, 0) is 0 Å². The van der Waals surface area contributed by atoms with Crippen molar-refractivity contribution >= 4 is 6.72 Å². The highest BCUT2D eigenvalue weighted by molar-refractivity contribution is 5.23. The lowest BCUT2D eigenvalue weighted by Crippen LogP contribution is -2.26. The minimum Gasteiger partial charge on any atom is -0.310 e. The molecule has 2 N–H and O–H groups in total. The molecule has 0 aromatic carbocycles. The summed E-state index contributed by atoms with van der Waals surface area (Å²) in [7, 11) is 0. The van der Waals surface area contributed by atoms with E-state index in [-0.39, 0.29) is 12.1 Å². The standard InChI is InChI=1S/C21H39FN2/c1-7-11-16(4)14-20(22)19(17(5)8-2)15-18(9-3)12-10-13-21(23)24-6/h7,11,17-21H,4,6,8-10,12-15,23H2,1-3,5H3. The van der Waals surface area contributed by atoms with Crippen molar-refractivity contribution < 1.29 is 4.39 Å². The zero-order valence-electron chi connectivity index (χ0n) is 16.3. The first-order chi connectivity index (χ1) is 11.4. The molecule has 0 saturated carbocycles. The number of nitrogens with zero attached hydrogens (tertiary/aromatic N) is 1. The van der Waals surface area contributed by atoms with Crippen molar-refractivity contribution in [2.75, 3.05) is 0 Å². The van der Waals surface area contributed by atoms with Gasteiger partial charge in [0.25, 0.3) is 0 Å². The van der Waals surface area contributed by atoms with Crippen molar-refractivity contribution in [3.05, 3.63) is 24.3 Å². The van der Waals surface area contributed by atoms with Crippen LogP contribution in [0.4, 0.5) is 4.39 Å². The molecule has 3 heteroatoms. The van der Waals surface area contributed by atoms with Gasteiger partial charge in [0.05, 0.1) is 6.17 Å². The van der Waals surface area contributed by atoms with Crippen LogP contribution in [0.1, 0.15) is 72.6 Å². The molecule has 0 radical (unpaired) electrons. The maximum absolute atomic E-state index is 14.9. The highest BCUT2D eigenvalue weighted by Gasteiger charge is 2.28. The monoisotopic (exact) mass is 338 g/mol. The molecule has 0 aliphatic carbocycles. The largest absolute Gasteiger partial charge is 0.310 e. The number of halogens is 1. The Bertz CT molecular complexity index is 378. The summed E-state index contributed by atoms with van der Waals surface area (Å²) in [6.07, 6.45) is 9.37. The Hall–Kier alpha value is -0.960. The second-order valence-corrected chi connectivity index (χ2v) is 7.12. The Labute approximate surface area is 149 Å². The first-order valence-electron chi connectivity index (χ1n) is 9.55. The van der Waals surface area contributed by atoms with Gasteiger partial charge in [-0.1, -0.05) is 64.3 Å². The molecule has 0 aromatic rings. The van der Waals surface area contributed by atoms with E-state index in [0.717, 1.165) is 44.1 Å². The third-order valence-corrected chi connectivity index (χ3v) is 5.23. The molecular weight excluding hydrogens is 299 g/mol. The van der Waals surface area contributed by atoms with E-state index in [1.54, 1.807) is 0 Å². The summed E-state index contributed by atoms with van der Waals surface area (Å²) >= 11 is 0. The Morgan fingerprint density at radius 2 is 1.92 bits per heavy atom. The van der Waals surface area contributed by atoms with Crippen LogP contribution in [0.15, 0.2) is 29.3 Å². The summed E-state index contributed by atoms with van der Waals surface area (Å²) < 4.78 is 14.9. The van der Waals surface area contributed by atoms with Gasteiger partial charge in [-0.25, -0.2) is 4.39 Å². The van der Waals surface area contributed by atoms with Crippen molar-refractivity contribution in [3.63, 3.8) is 0 Å². The minimum absolute atomic E-state index is 0.105. The molecule has 0 rings (SSSR count). The molecule has 24 heavy (non-hydrogen) atoms. The predicted octanol–water partition coefficient (Wildman–Crippen LogP) is 6.08. The van der Waals surface area contributed by atoms with Crippen LogP contribution in [0.25, 0.3) is 0 Å². The van der Waals surface area contributed by atoms with E-state index in [9.17, 15) is 4.39 Å². The maximum Gasteiger partial charge on any atom is 0.107 e. The van der Waals surface area contributed by atoms with Crippen LogP contribution in [0.2, 0.25) is 0 Å². The van der Waals surface area contributed by atoms with Crippen LogP contribution in [0, 0.1) is 17.8 Å². The molecule has 0 saturated heterocycles. The third-order valence-electron chi connectivity index (χ3n) is 5.23. The average molecular weight is 339 g/mol. The van der Waals surface area contributed by atoms with Gasteiger partial charge in [-0.15, -0.1) is 0 Å². The van der Waals surface area contributed by atoms with E-state index in [1.807, 2.05) is 19.1 Å². The van der Waals surface area contributed by atoms with Crippen molar-refractivity contribution in [2.24, 2.45) is 28.5 Å². The van der Waals surface area contributed by atoms with Crippen LogP contribution in [0.3, 0.4) is 0 Å². The molecule has 0 heterocycles. The number of nitrogens with two attached hydrogens (primary N) is 1. The fourth-order valence-electron chi connectivity index (χ4n) is 3.33. The van der Waals surface area contributed by atoms with Crippen molar-refractivity contribution in [2.45, 2.75) is 85.0 Å². The van der Waals surface area contributed by atoms with E-state index in [0.29, 0.717) is 18.3 Å². The fourth-order valence-corrected chi connectivity index (χ4v) is 3.33. The van der Waals surface area contributed by atoms with E-state index in [4.69, 9.17) is 5.73 Å². The molecule has 5 atom stereocenters. The Morgan fingerprint density at radius 1 is 1.25 bits per heavy atom. The Kier molecular flexibility index (Phi) is 12.8. The van der Waals surface area contributed by atoms with Crippen molar-refractivity contribution in [1.82, 2.24) is 0 Å². The van der Waals surface area contributed by atoms with Gasteiger partial charge in [0.15, 0.2) is 0 Å². The molecule has 0 aliphatic heterocycles. The summed E-state index contributed by atoms with van der Waals surface area (Å²) in [5.41, 5.74) is 6.68. The van der Waals surface area contributed by atoms with Gasteiger partial charge < -0.3 is 5.73 Å². The molecule has 5 unspecified atom stereocenters. The molecule has 0 fully saturated rings. The first-order valence-corrected chi connectivity index (χ1v) is 9.55. The van der Waals surface area contributed by atoms with Crippen LogP contribution >= 0.6 is 0 Å². The quantitative estimate of drug-likeness (QED) is 0.302. The van der Waals surface area contributed by atoms with Gasteiger partial charge in [0.2, 0.25) is 0 Å². The number of hydrogen-bond acceptors (Lipinski definition) is 2. The first kappa shape index (κ1) is 23.0. The Morgan fingerprint density at radius 3 is 2.42 bits per heavy atom. The molecule has 0 bridgehead atoms. The predicted molar refractivity (Wildman–Crippen MR) is 106 cm³/mol. The van der Waals surface area contributed by atoms with E-state index in [1.165, 1.54) is 0 Å². The molecule has 2 nitrogen and oxygen atoms in total. The number of allylic oxidation sites excluding steroid dienone is 3. The zero-order valence-corrected chi connectivity index (χ0v) is 16.3. The topological polar surface area (TPSA) is 38.4 Å². The average Bonchev–Trinajstić information content (AvgIpc) is 2.56. The van der Waals surface area contributed by atoms with Gasteiger partial charge in [0, 0.05) is 6.42 Å². The van der Waals surface area contributed by atoms with E-state index in [2.05, 4.69) is 39.1 Å². The van der Waals surface area contributed by atoms with Gasteiger partial charge in [-0.3, -0.25) is 4.99 Å². The molecule has 0 spiro atoms. The molecular formula is C21H39FN2. The molecule has 0 aromatic heterocycles. The smallest absolute Gasteiger partial charge is 0.107 e. The Balaban J connectivity index is 4.71. The summed E-state index contributed by atoms with van der Waals surface area (Å²) in [5, 5.41) is 0. The number of rotatable bonds is 14. The normalized spacial score (nSPS) is 18.1. The van der Waals surface area contributed by atoms with E-state index >= 15 is 0 Å². The van der Waals surface area contributed by atoms with E-state index < -0.39 is 6.17 Å². The SMILES string of the molecule is C=NC(N)CCCC(CC)CC(C(C)CC)C(F)CC(=C)C=CC. The zero-order chi connectivity index (χ0) is 18.5. The summed E-state index contributed by atoms with van der Waals surface area (Å²) in [4.78, 5) is 3.84. The van der Waals surface area contributed by atoms with Gasteiger partial charge >= 0.3 is 0 Å². The summed E-state index contributed by atoms with van der Waals surface area (Å²) in [6, 6.07) is 0. The lowest BCUT2D eigenvalue weighted by Gasteiger charge is -2.30. The molecule has 140 valence electrons. The van der Waals surface area contributed by atoms with Gasteiger partial charge in [-0.05, 0) is 50.7 Å². The lowest BCUT2D eigenvalue weighted by atomic mass is 9.77. The fraction of sp³-hybridized carbons (Fsp3) is 0.762. The third kappa shape index (κ3) is 9.36. The lowest BCUT2D eigenvalue weighted by molar-refractivity contribution is 0.134. The second-order valence-electron chi connectivity index (χ2n) is 7.12. The highest BCUT2D eigenvalue weighted by atomic mass is 19.1. The second kappa shape index (κ2) is 13.3.